The molecule has 96 valence electrons. The summed E-state index contributed by atoms with van der Waals surface area (Å²) in [7, 11) is 0. The summed E-state index contributed by atoms with van der Waals surface area (Å²) < 4.78 is 8.97. The molecule has 18 heavy (non-hydrogen) atoms. The third kappa shape index (κ3) is 2.19. The third-order valence-electron chi connectivity index (χ3n) is 3.96. The molecule has 3 nitrogen and oxygen atoms in total. The Hall–Kier alpha value is -0.861. The predicted molar refractivity (Wildman–Crippen MR) is 76.0 cm³/mol. The summed E-state index contributed by atoms with van der Waals surface area (Å²) >= 11 is 0.0562. The first-order valence-electron chi connectivity index (χ1n) is 6.53. The van der Waals surface area contributed by atoms with Crippen molar-refractivity contribution in [2.24, 2.45) is 19.3 Å². The molecule has 1 heterocycles. The molecular formula is C14H19N3Se. The van der Waals surface area contributed by atoms with Crippen LogP contribution in [0.25, 0.3) is 0 Å². The van der Waals surface area contributed by atoms with Crippen LogP contribution in [0.1, 0.15) is 33.6 Å². The second kappa shape index (κ2) is 4.36. The molecule has 1 aromatic carbocycles. The maximum absolute atomic E-state index is 4.54. The molecule has 1 fully saturated rings. The average Bonchev–Trinajstić information content (AvgIpc) is 2.84. The van der Waals surface area contributed by atoms with E-state index in [1.807, 2.05) is 0 Å². The van der Waals surface area contributed by atoms with Gasteiger partial charge in [-0.1, -0.05) is 0 Å². The molecule has 4 heteroatoms. The maximum atomic E-state index is 4.54. The van der Waals surface area contributed by atoms with Crippen molar-refractivity contribution in [3.8, 4) is 0 Å². The SMILES string of the molecule is CC1CC(C)(C)CC1Nc1cccc2c1N=[Se]=N2. The van der Waals surface area contributed by atoms with E-state index in [-0.39, 0.29) is 14.6 Å². The van der Waals surface area contributed by atoms with E-state index < -0.39 is 0 Å². The summed E-state index contributed by atoms with van der Waals surface area (Å²) in [5, 5.41) is 3.70. The summed E-state index contributed by atoms with van der Waals surface area (Å²) in [6.45, 7) is 7.08. The molecule has 2 unspecified atom stereocenters. The number of fused-ring (bicyclic) bond motifs is 1. The van der Waals surface area contributed by atoms with Crippen molar-refractivity contribution < 1.29 is 0 Å². The summed E-state index contributed by atoms with van der Waals surface area (Å²) in [5.74, 6) is 0.722. The summed E-state index contributed by atoms with van der Waals surface area (Å²) in [6.07, 6.45) is 2.53. The van der Waals surface area contributed by atoms with Gasteiger partial charge in [0.05, 0.1) is 0 Å². The van der Waals surface area contributed by atoms with Crippen LogP contribution in [0.4, 0.5) is 17.1 Å². The standard InChI is InChI=1S/C14H19N3Se/c1-9-7-14(2,3)8-12(9)15-10-5-4-6-11-13(10)17-18-16-11/h4-6,9,12,15H,7-8H2,1-3H3. The summed E-state index contributed by atoms with van der Waals surface area (Å²) in [4.78, 5) is 0. The molecular weight excluding hydrogens is 289 g/mol. The predicted octanol–water partition coefficient (Wildman–Crippen LogP) is 4.27. The fraction of sp³-hybridized carbons (Fsp3) is 0.571. The third-order valence-corrected chi connectivity index (χ3v) is 5.10. The van der Waals surface area contributed by atoms with Gasteiger partial charge in [-0.05, 0) is 0 Å². The first-order valence-corrected chi connectivity index (χ1v) is 8.06. The molecule has 0 amide bonds. The van der Waals surface area contributed by atoms with E-state index in [9.17, 15) is 0 Å². The second-order valence-corrected chi connectivity index (χ2v) is 7.35. The number of hydrogen-bond acceptors (Lipinski definition) is 3. The van der Waals surface area contributed by atoms with Crippen molar-refractivity contribution in [3.63, 3.8) is 0 Å². The first-order chi connectivity index (χ1) is 8.55. The van der Waals surface area contributed by atoms with Gasteiger partial charge in [-0.2, -0.15) is 0 Å². The number of benzene rings is 1. The van der Waals surface area contributed by atoms with Gasteiger partial charge in [-0.3, -0.25) is 0 Å². The zero-order valence-corrected chi connectivity index (χ0v) is 12.8. The van der Waals surface area contributed by atoms with Crippen LogP contribution in [0.3, 0.4) is 0 Å². The number of hydrogen-bond donors (Lipinski definition) is 1. The molecule has 0 aromatic heterocycles. The Kier molecular flexibility index (Phi) is 2.95. The topological polar surface area (TPSA) is 36.8 Å². The average molecular weight is 308 g/mol. The molecule has 1 saturated carbocycles. The second-order valence-electron chi connectivity index (χ2n) is 6.24. The molecule has 0 radical (unpaired) electrons. The van der Waals surface area contributed by atoms with Crippen molar-refractivity contribution in [3.05, 3.63) is 18.2 Å². The number of nitrogens with zero attached hydrogens (tertiary/aromatic N) is 2. The monoisotopic (exact) mass is 309 g/mol. The van der Waals surface area contributed by atoms with Crippen LogP contribution in [0.15, 0.2) is 26.1 Å². The Morgan fingerprint density at radius 1 is 1.28 bits per heavy atom. The van der Waals surface area contributed by atoms with E-state index in [1.165, 1.54) is 18.5 Å². The van der Waals surface area contributed by atoms with Crippen LogP contribution < -0.4 is 5.32 Å². The fourth-order valence-electron chi connectivity index (χ4n) is 3.21. The van der Waals surface area contributed by atoms with Gasteiger partial charge in [0.2, 0.25) is 0 Å². The van der Waals surface area contributed by atoms with Crippen molar-refractivity contribution >= 4 is 31.6 Å². The molecule has 0 bridgehead atoms. The number of anilines is 1. The van der Waals surface area contributed by atoms with Gasteiger partial charge in [0, 0.05) is 0 Å². The Morgan fingerprint density at radius 3 is 2.83 bits per heavy atom. The Labute approximate surface area is 114 Å². The van der Waals surface area contributed by atoms with E-state index in [0.717, 1.165) is 17.3 Å². The summed E-state index contributed by atoms with van der Waals surface area (Å²) in [6, 6.07) is 6.83. The van der Waals surface area contributed by atoms with Gasteiger partial charge in [-0.25, -0.2) is 0 Å². The zero-order chi connectivity index (χ0) is 12.8. The first kappa shape index (κ1) is 12.2. The molecule has 1 N–H and O–H groups in total. The normalized spacial score (nSPS) is 27.9. The minimum absolute atomic E-state index is 0.0562. The van der Waals surface area contributed by atoms with Gasteiger partial charge < -0.3 is 0 Å². The molecule has 0 saturated heterocycles. The Bertz CT molecular complexity index is 544. The van der Waals surface area contributed by atoms with Gasteiger partial charge >= 0.3 is 114 Å². The summed E-state index contributed by atoms with van der Waals surface area (Å²) in [5.41, 5.74) is 3.77. The van der Waals surface area contributed by atoms with E-state index in [2.05, 4.69) is 52.2 Å². The van der Waals surface area contributed by atoms with Crippen LogP contribution in [-0.4, -0.2) is 20.6 Å². The molecule has 3 rings (SSSR count). The van der Waals surface area contributed by atoms with E-state index in [0.29, 0.717) is 11.5 Å². The van der Waals surface area contributed by atoms with Gasteiger partial charge in [0.1, 0.15) is 0 Å². The van der Waals surface area contributed by atoms with E-state index >= 15 is 0 Å². The van der Waals surface area contributed by atoms with Crippen molar-refractivity contribution in [1.82, 2.24) is 0 Å². The van der Waals surface area contributed by atoms with E-state index in [1.54, 1.807) is 0 Å². The number of rotatable bonds is 2. The van der Waals surface area contributed by atoms with Gasteiger partial charge in [-0.15, -0.1) is 0 Å². The van der Waals surface area contributed by atoms with Crippen LogP contribution in [0.2, 0.25) is 0 Å². The van der Waals surface area contributed by atoms with Crippen LogP contribution in [0.5, 0.6) is 0 Å². The Morgan fingerprint density at radius 2 is 2.11 bits per heavy atom. The van der Waals surface area contributed by atoms with E-state index in [4.69, 9.17) is 0 Å². The molecule has 0 spiro atoms. The molecule has 2 atom stereocenters. The molecule has 1 aliphatic carbocycles. The fourth-order valence-corrected chi connectivity index (χ4v) is 4.36. The van der Waals surface area contributed by atoms with Crippen LogP contribution in [-0.2, 0) is 0 Å². The van der Waals surface area contributed by atoms with Crippen molar-refractivity contribution in [1.29, 1.82) is 0 Å². The molecule has 1 aromatic rings. The minimum atomic E-state index is 0.0562. The zero-order valence-electron chi connectivity index (χ0n) is 11.1. The number of nitrogens with one attached hydrogen (secondary N) is 1. The van der Waals surface area contributed by atoms with Crippen LogP contribution >= 0.6 is 0 Å². The van der Waals surface area contributed by atoms with Gasteiger partial charge in [0.25, 0.3) is 0 Å². The molecule has 2 aliphatic rings. The van der Waals surface area contributed by atoms with Crippen molar-refractivity contribution in [2.45, 2.75) is 39.7 Å². The van der Waals surface area contributed by atoms with Crippen molar-refractivity contribution in [2.75, 3.05) is 5.32 Å². The van der Waals surface area contributed by atoms with Crippen LogP contribution in [0, 0.1) is 11.3 Å². The van der Waals surface area contributed by atoms with Gasteiger partial charge in [0.15, 0.2) is 0 Å². The molecule has 1 aliphatic heterocycles. The Balaban J connectivity index is 1.83. The quantitative estimate of drug-likeness (QED) is 0.826.